The molecule has 0 aromatic heterocycles. The maximum atomic E-state index is 12.8. The number of hydrogen-bond acceptors (Lipinski definition) is 4. The Kier molecular flexibility index (Phi) is 5.47. The molecule has 29 heavy (non-hydrogen) atoms. The van der Waals surface area contributed by atoms with Gasteiger partial charge in [-0.05, 0) is 28.5 Å². The van der Waals surface area contributed by atoms with E-state index in [-0.39, 0.29) is 16.6 Å². The van der Waals surface area contributed by atoms with Gasteiger partial charge in [0.25, 0.3) is 11.6 Å². The predicted octanol–water partition coefficient (Wildman–Crippen LogP) is 4.36. The van der Waals surface area contributed by atoms with Crippen LogP contribution in [-0.2, 0) is 6.54 Å². The quantitative estimate of drug-likeness (QED) is 0.474. The molecule has 3 aromatic carbocycles. The van der Waals surface area contributed by atoms with Gasteiger partial charge in [-0.2, -0.15) is 0 Å². The van der Waals surface area contributed by atoms with Crippen LogP contribution in [-0.4, -0.2) is 46.8 Å². The summed E-state index contributed by atoms with van der Waals surface area (Å²) in [5.41, 5.74) is 1.33. The summed E-state index contributed by atoms with van der Waals surface area (Å²) in [5.74, 6) is -0.199. The molecule has 1 saturated heterocycles. The van der Waals surface area contributed by atoms with E-state index in [0.29, 0.717) is 18.7 Å². The van der Waals surface area contributed by atoms with Crippen molar-refractivity contribution in [3.05, 3.63) is 86.9 Å². The van der Waals surface area contributed by atoms with Crippen molar-refractivity contribution in [3.8, 4) is 0 Å². The summed E-state index contributed by atoms with van der Waals surface area (Å²) in [6.07, 6.45) is 0. The normalized spacial score (nSPS) is 14.9. The number of carbonyl (C=O) groups excluding carboxylic acids is 1. The zero-order valence-corrected chi connectivity index (χ0v) is 16.5. The summed E-state index contributed by atoms with van der Waals surface area (Å²) in [7, 11) is 0. The van der Waals surface area contributed by atoms with E-state index in [9.17, 15) is 14.9 Å². The standard InChI is InChI=1S/C22H20ClN3O3/c23-20-9-8-17(14-21(20)26(28)29)22(27)25-12-10-24(11-13-25)15-18-6-3-5-16-4-1-2-7-19(16)18/h1-9,14H,10-13,15H2. The molecule has 6 nitrogen and oxygen atoms in total. The Hall–Kier alpha value is -2.96. The third-order valence-corrected chi connectivity index (χ3v) is 5.64. The third-order valence-electron chi connectivity index (χ3n) is 5.32. The summed E-state index contributed by atoms with van der Waals surface area (Å²) in [6, 6.07) is 18.9. The summed E-state index contributed by atoms with van der Waals surface area (Å²) in [5, 5.41) is 13.6. The van der Waals surface area contributed by atoms with Crippen LogP contribution in [0, 0.1) is 10.1 Å². The molecule has 7 heteroatoms. The van der Waals surface area contributed by atoms with Gasteiger partial charge in [0, 0.05) is 44.4 Å². The molecule has 4 rings (SSSR count). The van der Waals surface area contributed by atoms with Crippen LogP contribution in [0.4, 0.5) is 5.69 Å². The Morgan fingerprint density at radius 2 is 1.72 bits per heavy atom. The van der Waals surface area contributed by atoms with Gasteiger partial charge in [-0.1, -0.05) is 54.1 Å². The highest BCUT2D eigenvalue weighted by atomic mass is 35.5. The predicted molar refractivity (Wildman–Crippen MR) is 113 cm³/mol. The number of benzene rings is 3. The minimum absolute atomic E-state index is 0.0338. The highest BCUT2D eigenvalue weighted by molar-refractivity contribution is 6.32. The van der Waals surface area contributed by atoms with Crippen LogP contribution in [0.3, 0.4) is 0 Å². The number of fused-ring (bicyclic) bond motifs is 1. The minimum atomic E-state index is -0.568. The molecule has 0 aliphatic carbocycles. The Morgan fingerprint density at radius 3 is 2.48 bits per heavy atom. The molecule has 0 bridgehead atoms. The van der Waals surface area contributed by atoms with Gasteiger partial charge in [0.05, 0.1) is 4.92 Å². The lowest BCUT2D eigenvalue weighted by Crippen LogP contribution is -2.48. The van der Waals surface area contributed by atoms with Crippen molar-refractivity contribution in [2.75, 3.05) is 26.2 Å². The summed E-state index contributed by atoms with van der Waals surface area (Å²) in [4.78, 5) is 27.3. The van der Waals surface area contributed by atoms with Gasteiger partial charge < -0.3 is 4.90 Å². The Bertz CT molecular complexity index is 1070. The maximum Gasteiger partial charge on any atom is 0.288 e. The van der Waals surface area contributed by atoms with Crippen molar-refractivity contribution in [2.24, 2.45) is 0 Å². The molecule has 1 aliphatic rings. The molecular formula is C22H20ClN3O3. The maximum absolute atomic E-state index is 12.8. The van der Waals surface area contributed by atoms with E-state index in [4.69, 9.17) is 11.6 Å². The number of nitro groups is 1. The van der Waals surface area contributed by atoms with Gasteiger partial charge in [-0.15, -0.1) is 0 Å². The largest absolute Gasteiger partial charge is 0.336 e. The van der Waals surface area contributed by atoms with Crippen molar-refractivity contribution in [1.82, 2.24) is 9.80 Å². The minimum Gasteiger partial charge on any atom is -0.336 e. The van der Waals surface area contributed by atoms with E-state index in [1.165, 1.54) is 28.5 Å². The number of nitrogens with zero attached hydrogens (tertiary/aromatic N) is 3. The van der Waals surface area contributed by atoms with Crippen molar-refractivity contribution >= 4 is 34.0 Å². The lowest BCUT2D eigenvalue weighted by Gasteiger charge is -2.35. The zero-order chi connectivity index (χ0) is 20.4. The summed E-state index contributed by atoms with van der Waals surface area (Å²) >= 11 is 5.85. The van der Waals surface area contributed by atoms with Crippen molar-refractivity contribution in [1.29, 1.82) is 0 Å². The van der Waals surface area contributed by atoms with Crippen molar-refractivity contribution in [3.63, 3.8) is 0 Å². The van der Waals surface area contributed by atoms with Crippen LogP contribution in [0.1, 0.15) is 15.9 Å². The third kappa shape index (κ3) is 4.09. The molecule has 1 amide bonds. The fourth-order valence-corrected chi connectivity index (χ4v) is 3.94. The first-order valence-electron chi connectivity index (χ1n) is 9.45. The topological polar surface area (TPSA) is 66.7 Å². The van der Waals surface area contributed by atoms with Crippen LogP contribution in [0.15, 0.2) is 60.7 Å². The number of amides is 1. The zero-order valence-electron chi connectivity index (χ0n) is 15.8. The first-order chi connectivity index (χ1) is 14.0. The number of carbonyl (C=O) groups is 1. The SMILES string of the molecule is O=C(c1ccc(Cl)c([N+](=O)[O-])c1)N1CCN(Cc2cccc3ccccc23)CC1. The molecular weight excluding hydrogens is 390 g/mol. The number of rotatable bonds is 4. The fraction of sp³-hybridized carbons (Fsp3) is 0.227. The number of halogens is 1. The van der Waals surface area contributed by atoms with Gasteiger partial charge in [-0.25, -0.2) is 0 Å². The Morgan fingerprint density at radius 1 is 1.00 bits per heavy atom. The van der Waals surface area contributed by atoms with Gasteiger partial charge in [0.15, 0.2) is 0 Å². The Labute approximate surface area is 173 Å². The van der Waals surface area contributed by atoms with Crippen LogP contribution in [0.25, 0.3) is 10.8 Å². The summed E-state index contributed by atoms with van der Waals surface area (Å²) in [6.45, 7) is 3.51. The van der Waals surface area contributed by atoms with E-state index >= 15 is 0 Å². The molecule has 0 spiro atoms. The van der Waals surface area contributed by atoms with E-state index in [2.05, 4.69) is 35.2 Å². The highest BCUT2D eigenvalue weighted by Gasteiger charge is 2.24. The average Bonchev–Trinajstić information content (AvgIpc) is 2.74. The van der Waals surface area contributed by atoms with Crippen LogP contribution < -0.4 is 0 Å². The van der Waals surface area contributed by atoms with Gasteiger partial charge >= 0.3 is 0 Å². The van der Waals surface area contributed by atoms with Crippen molar-refractivity contribution in [2.45, 2.75) is 6.54 Å². The number of piperazine rings is 1. The lowest BCUT2D eigenvalue weighted by atomic mass is 10.0. The molecule has 1 heterocycles. The van der Waals surface area contributed by atoms with E-state index in [1.807, 2.05) is 12.1 Å². The molecule has 0 atom stereocenters. The fourth-order valence-electron chi connectivity index (χ4n) is 3.75. The molecule has 148 valence electrons. The number of nitro benzene ring substituents is 1. The van der Waals surface area contributed by atoms with E-state index < -0.39 is 4.92 Å². The lowest BCUT2D eigenvalue weighted by molar-refractivity contribution is -0.384. The van der Waals surface area contributed by atoms with Crippen LogP contribution in [0.2, 0.25) is 5.02 Å². The molecule has 0 N–H and O–H groups in total. The van der Waals surface area contributed by atoms with Crippen LogP contribution >= 0.6 is 11.6 Å². The van der Waals surface area contributed by atoms with Gasteiger partial charge in [-0.3, -0.25) is 19.8 Å². The number of hydrogen-bond donors (Lipinski definition) is 0. The second-order valence-corrected chi connectivity index (χ2v) is 7.54. The molecule has 0 radical (unpaired) electrons. The monoisotopic (exact) mass is 409 g/mol. The molecule has 3 aromatic rings. The first kappa shape index (κ1) is 19.4. The van der Waals surface area contributed by atoms with Gasteiger partial charge in [0.2, 0.25) is 0 Å². The molecule has 0 unspecified atom stereocenters. The second-order valence-electron chi connectivity index (χ2n) is 7.13. The first-order valence-corrected chi connectivity index (χ1v) is 9.83. The smallest absolute Gasteiger partial charge is 0.288 e. The van der Waals surface area contributed by atoms with Crippen LogP contribution in [0.5, 0.6) is 0 Å². The van der Waals surface area contributed by atoms with E-state index in [0.717, 1.165) is 19.6 Å². The highest BCUT2D eigenvalue weighted by Crippen LogP contribution is 2.26. The Balaban J connectivity index is 1.42. The average molecular weight is 410 g/mol. The molecule has 0 saturated carbocycles. The van der Waals surface area contributed by atoms with Crippen molar-refractivity contribution < 1.29 is 9.72 Å². The van der Waals surface area contributed by atoms with E-state index in [1.54, 1.807) is 11.0 Å². The second kappa shape index (κ2) is 8.19. The van der Waals surface area contributed by atoms with Gasteiger partial charge in [0.1, 0.15) is 5.02 Å². The summed E-state index contributed by atoms with van der Waals surface area (Å²) < 4.78 is 0. The molecule has 1 aliphatic heterocycles. The molecule has 1 fully saturated rings.